The van der Waals surface area contributed by atoms with Crippen LogP contribution in [0.2, 0.25) is 24.2 Å². The molecule has 16 heavy (non-hydrogen) atoms. The molecule has 2 atom stereocenters. The van der Waals surface area contributed by atoms with Gasteiger partial charge >= 0.3 is 0 Å². The van der Waals surface area contributed by atoms with Gasteiger partial charge in [-0.1, -0.05) is 75.4 Å². The molecule has 1 aliphatic rings. The lowest BCUT2D eigenvalue weighted by Crippen LogP contribution is -2.89. The van der Waals surface area contributed by atoms with Crippen LogP contribution < -0.4 is 10.4 Å². The van der Waals surface area contributed by atoms with E-state index in [9.17, 15) is 0 Å². The summed E-state index contributed by atoms with van der Waals surface area (Å²) < 4.78 is 0. The van der Waals surface area contributed by atoms with Gasteiger partial charge in [0.2, 0.25) is 0 Å². The molecule has 1 aliphatic heterocycles. The summed E-state index contributed by atoms with van der Waals surface area (Å²) in [6.07, 6.45) is 0. The van der Waals surface area contributed by atoms with Gasteiger partial charge < -0.3 is 0 Å². The van der Waals surface area contributed by atoms with E-state index < -0.39 is 15.2 Å². The fourth-order valence-corrected chi connectivity index (χ4v) is 23.2. The molecule has 2 rings (SSSR count). The minimum absolute atomic E-state index is 0.890. The molecule has 0 nitrogen and oxygen atoms in total. The second-order valence-electron chi connectivity index (χ2n) is 6.26. The Morgan fingerprint density at radius 3 is 1.31 bits per heavy atom. The predicted octanol–water partition coefficient (Wildman–Crippen LogP) is 3.17. The van der Waals surface area contributed by atoms with Crippen LogP contribution in [-0.4, -0.2) is 15.2 Å². The summed E-state index contributed by atoms with van der Waals surface area (Å²) in [4.78, 5) is 0. The topological polar surface area (TPSA) is 0 Å². The standard InChI is InChI=1S/C14H24Si2/c1-11(2)15(5)13-9-7-8-10-14(13)16(15,6)12(3)4/h7-12H,1-6H3/t15-,16-/m1/s1. The predicted molar refractivity (Wildman–Crippen MR) is 79.1 cm³/mol. The number of benzene rings is 1. The zero-order valence-corrected chi connectivity index (χ0v) is 13.5. The number of hydrogen-bond acceptors (Lipinski definition) is 0. The first-order valence-electron chi connectivity index (χ1n) is 6.46. The van der Waals surface area contributed by atoms with Crippen LogP contribution in [0.3, 0.4) is 0 Å². The second-order valence-corrected chi connectivity index (χ2v) is 20.7. The highest BCUT2D eigenvalue weighted by molar-refractivity contribution is 7.58. The van der Waals surface area contributed by atoms with Gasteiger partial charge in [-0.05, 0) is 11.1 Å². The Morgan fingerprint density at radius 1 is 0.750 bits per heavy atom. The smallest absolute Gasteiger partial charge is 0.0667 e. The summed E-state index contributed by atoms with van der Waals surface area (Å²) in [5, 5.41) is 3.54. The van der Waals surface area contributed by atoms with Gasteiger partial charge in [-0.3, -0.25) is 0 Å². The maximum atomic E-state index is 2.65. The van der Waals surface area contributed by atoms with Crippen LogP contribution in [0.4, 0.5) is 0 Å². The molecule has 0 aromatic heterocycles. The fraction of sp³-hybridized carbons (Fsp3) is 0.571. The molecule has 0 bridgehead atoms. The number of rotatable bonds is 2. The summed E-state index contributed by atoms with van der Waals surface area (Å²) in [6, 6.07) is 9.30. The Bertz CT molecular complexity index is 372. The molecule has 0 saturated carbocycles. The van der Waals surface area contributed by atoms with Crippen molar-refractivity contribution in [3.05, 3.63) is 24.3 Å². The van der Waals surface area contributed by atoms with Crippen LogP contribution in [-0.2, 0) is 0 Å². The quantitative estimate of drug-likeness (QED) is 0.705. The molecule has 0 aliphatic carbocycles. The van der Waals surface area contributed by atoms with Crippen molar-refractivity contribution in [3.8, 4) is 0 Å². The lowest BCUT2D eigenvalue weighted by Gasteiger charge is -2.59. The van der Waals surface area contributed by atoms with Crippen LogP contribution in [0.15, 0.2) is 24.3 Å². The number of hydrogen-bond donors (Lipinski definition) is 0. The van der Waals surface area contributed by atoms with E-state index in [1.165, 1.54) is 0 Å². The fourth-order valence-electron chi connectivity index (χ4n) is 3.71. The second kappa shape index (κ2) is 3.57. The highest BCUT2D eigenvalue weighted by Gasteiger charge is 2.62. The Labute approximate surface area is 102 Å². The zero-order chi connectivity index (χ0) is 12.1. The molecule has 1 aromatic carbocycles. The van der Waals surface area contributed by atoms with Crippen molar-refractivity contribution in [3.63, 3.8) is 0 Å². The van der Waals surface area contributed by atoms with Crippen LogP contribution in [0, 0.1) is 0 Å². The van der Waals surface area contributed by atoms with Gasteiger partial charge in [0.25, 0.3) is 0 Å². The largest absolute Gasteiger partial charge is 0.0849 e. The SMILES string of the molecule is CC(C)[Si@]1(C)c2ccccc2[Si@@]1(C)C(C)C. The summed E-state index contributed by atoms with van der Waals surface area (Å²) in [6.45, 7) is 15.1. The highest BCUT2D eigenvalue weighted by Crippen LogP contribution is 2.42. The zero-order valence-electron chi connectivity index (χ0n) is 11.5. The maximum Gasteiger partial charge on any atom is 0.0849 e. The van der Waals surface area contributed by atoms with Crippen molar-refractivity contribution in [2.45, 2.75) is 51.9 Å². The summed E-state index contributed by atoms with van der Waals surface area (Å²) in [5.74, 6) is 0. The molecule has 0 N–H and O–H groups in total. The number of fused-ring (bicyclic) bond motifs is 1. The van der Waals surface area contributed by atoms with Gasteiger partial charge in [0, 0.05) is 0 Å². The van der Waals surface area contributed by atoms with E-state index in [2.05, 4.69) is 65.1 Å². The van der Waals surface area contributed by atoms with Crippen LogP contribution in [0.5, 0.6) is 0 Å². The third kappa shape index (κ3) is 1.15. The van der Waals surface area contributed by atoms with Crippen molar-refractivity contribution in [1.82, 2.24) is 0 Å². The minimum atomic E-state index is -1.17. The van der Waals surface area contributed by atoms with E-state index in [-0.39, 0.29) is 0 Å². The average Bonchev–Trinajstić information content (AvgIpc) is 2.26. The van der Waals surface area contributed by atoms with E-state index in [0.717, 1.165) is 11.1 Å². The third-order valence-corrected chi connectivity index (χ3v) is 27.1. The van der Waals surface area contributed by atoms with Gasteiger partial charge in [-0.15, -0.1) is 0 Å². The first-order valence-corrected chi connectivity index (χ1v) is 12.6. The molecular formula is C14H24Si2. The van der Waals surface area contributed by atoms with Crippen LogP contribution in [0.25, 0.3) is 0 Å². The Kier molecular flexibility index (Phi) is 2.71. The summed E-state index contributed by atoms with van der Waals surface area (Å²) in [7, 11) is -2.35. The molecule has 1 heterocycles. The van der Waals surface area contributed by atoms with Crippen molar-refractivity contribution < 1.29 is 0 Å². The van der Waals surface area contributed by atoms with Crippen molar-refractivity contribution in [1.29, 1.82) is 0 Å². The molecule has 0 radical (unpaired) electrons. The van der Waals surface area contributed by atoms with Gasteiger partial charge in [-0.25, -0.2) is 0 Å². The average molecular weight is 249 g/mol. The Morgan fingerprint density at radius 2 is 1.06 bits per heavy atom. The first-order chi connectivity index (χ1) is 7.36. The van der Waals surface area contributed by atoms with E-state index >= 15 is 0 Å². The summed E-state index contributed by atoms with van der Waals surface area (Å²) in [5.41, 5.74) is 1.78. The van der Waals surface area contributed by atoms with Crippen molar-refractivity contribution in [2.24, 2.45) is 0 Å². The van der Waals surface area contributed by atoms with E-state index in [4.69, 9.17) is 0 Å². The van der Waals surface area contributed by atoms with Crippen LogP contribution in [0.1, 0.15) is 27.7 Å². The lowest BCUT2D eigenvalue weighted by molar-refractivity contribution is 0.992. The molecule has 0 fully saturated rings. The van der Waals surface area contributed by atoms with Gasteiger partial charge in [0.05, 0.1) is 15.2 Å². The van der Waals surface area contributed by atoms with E-state index in [0.29, 0.717) is 0 Å². The molecule has 0 unspecified atom stereocenters. The molecule has 0 spiro atoms. The molecule has 88 valence electrons. The molecule has 0 saturated heterocycles. The highest BCUT2D eigenvalue weighted by atomic mass is 29.3. The monoisotopic (exact) mass is 248 g/mol. The van der Waals surface area contributed by atoms with E-state index in [1.54, 1.807) is 10.4 Å². The van der Waals surface area contributed by atoms with Gasteiger partial charge in [0.15, 0.2) is 0 Å². The molecular weight excluding hydrogens is 224 g/mol. The maximum absolute atomic E-state index is 2.65. The van der Waals surface area contributed by atoms with Crippen LogP contribution >= 0.6 is 0 Å². The Balaban J connectivity index is 2.64. The van der Waals surface area contributed by atoms with Gasteiger partial charge in [0.1, 0.15) is 0 Å². The Hall–Kier alpha value is -0.346. The van der Waals surface area contributed by atoms with E-state index in [1.807, 2.05) is 0 Å². The first kappa shape index (κ1) is 12.1. The normalized spacial score (nSPS) is 32.8. The summed E-state index contributed by atoms with van der Waals surface area (Å²) >= 11 is 0. The molecule has 0 amide bonds. The van der Waals surface area contributed by atoms with Crippen molar-refractivity contribution in [2.75, 3.05) is 0 Å². The molecule has 1 aromatic rings. The van der Waals surface area contributed by atoms with Crippen molar-refractivity contribution >= 4 is 25.6 Å². The lowest BCUT2D eigenvalue weighted by atomic mass is 10.4. The minimum Gasteiger partial charge on any atom is -0.0667 e. The van der Waals surface area contributed by atoms with Gasteiger partial charge in [-0.2, -0.15) is 0 Å². The molecule has 2 heteroatoms. The third-order valence-electron chi connectivity index (χ3n) is 5.43.